The number of hydrogen-bond acceptors (Lipinski definition) is 4. The Hall–Kier alpha value is -1.36. The average molecular weight is 257 g/mol. The fourth-order valence-electron chi connectivity index (χ4n) is 1.63. The van der Waals surface area contributed by atoms with Gasteiger partial charge in [-0.2, -0.15) is 0 Å². The predicted octanol–water partition coefficient (Wildman–Crippen LogP) is 1.26. The zero-order valence-corrected chi connectivity index (χ0v) is 11.2. The van der Waals surface area contributed by atoms with Crippen LogP contribution in [0, 0.1) is 12.8 Å². The second kappa shape index (κ2) is 5.82. The van der Waals surface area contributed by atoms with E-state index in [2.05, 4.69) is 15.3 Å². The zero-order chi connectivity index (χ0) is 13.0. The summed E-state index contributed by atoms with van der Waals surface area (Å²) in [6, 6.07) is 0. The maximum absolute atomic E-state index is 11.4. The highest BCUT2D eigenvalue weighted by Gasteiger charge is 2.16. The van der Waals surface area contributed by atoms with E-state index >= 15 is 0 Å². The van der Waals surface area contributed by atoms with Crippen LogP contribution < -0.4 is 10.2 Å². The lowest BCUT2D eigenvalue weighted by atomic mass is 10.1. The molecule has 0 aliphatic heterocycles. The number of carbonyl (C=O) groups excluding carboxylic acids is 1. The van der Waals surface area contributed by atoms with Crippen LogP contribution in [-0.2, 0) is 4.79 Å². The zero-order valence-electron chi connectivity index (χ0n) is 10.5. The number of carbonyl (C=O) groups is 1. The van der Waals surface area contributed by atoms with Crippen LogP contribution in [0.25, 0.3) is 0 Å². The Bertz CT molecular complexity index is 410. The number of aromatic nitrogens is 2. The van der Waals surface area contributed by atoms with E-state index in [4.69, 9.17) is 11.6 Å². The van der Waals surface area contributed by atoms with E-state index in [1.807, 2.05) is 25.8 Å². The quantitative estimate of drug-likeness (QED) is 0.824. The molecule has 0 spiro atoms. The van der Waals surface area contributed by atoms with Gasteiger partial charge in [-0.1, -0.05) is 6.92 Å². The van der Waals surface area contributed by atoms with E-state index in [0.717, 1.165) is 11.4 Å². The molecule has 1 aromatic heterocycles. The molecular weight excluding hydrogens is 240 g/mol. The molecule has 0 aromatic carbocycles. The lowest BCUT2D eigenvalue weighted by molar-refractivity contribution is -0.123. The Kier molecular flexibility index (Phi) is 4.69. The molecule has 0 saturated heterocycles. The van der Waals surface area contributed by atoms with Crippen LogP contribution in [0.2, 0.25) is 5.28 Å². The monoisotopic (exact) mass is 256 g/mol. The first-order chi connectivity index (χ1) is 7.95. The number of halogens is 1. The summed E-state index contributed by atoms with van der Waals surface area (Å²) in [5, 5.41) is 2.84. The Morgan fingerprint density at radius 1 is 1.65 bits per heavy atom. The standard InChI is InChI=1S/C11H17ClN4O/c1-7-5-14-11(12)15-9(7)16(4)6-8(2)10(17)13-3/h5,8H,6H2,1-4H3,(H,13,17). The number of nitrogens with one attached hydrogen (secondary N) is 1. The van der Waals surface area contributed by atoms with Gasteiger partial charge in [-0.25, -0.2) is 9.97 Å². The number of nitrogens with zero attached hydrogens (tertiary/aromatic N) is 3. The SMILES string of the molecule is CNC(=O)C(C)CN(C)c1nc(Cl)ncc1C. The Morgan fingerprint density at radius 2 is 2.29 bits per heavy atom. The summed E-state index contributed by atoms with van der Waals surface area (Å²) < 4.78 is 0. The highest BCUT2D eigenvalue weighted by atomic mass is 35.5. The molecule has 1 N–H and O–H groups in total. The number of aryl methyl sites for hydroxylation is 1. The first-order valence-corrected chi connectivity index (χ1v) is 5.75. The van der Waals surface area contributed by atoms with Crippen LogP contribution >= 0.6 is 11.6 Å². The summed E-state index contributed by atoms with van der Waals surface area (Å²) in [5.41, 5.74) is 0.931. The Labute approximate surface area is 106 Å². The van der Waals surface area contributed by atoms with E-state index in [1.54, 1.807) is 13.2 Å². The number of amides is 1. The van der Waals surface area contributed by atoms with Crippen molar-refractivity contribution in [2.45, 2.75) is 13.8 Å². The van der Waals surface area contributed by atoms with Crippen molar-refractivity contribution in [2.24, 2.45) is 5.92 Å². The fourth-order valence-corrected chi connectivity index (χ4v) is 1.75. The van der Waals surface area contributed by atoms with Crippen LogP contribution in [0.5, 0.6) is 0 Å². The highest BCUT2D eigenvalue weighted by molar-refractivity contribution is 6.28. The maximum atomic E-state index is 11.4. The summed E-state index contributed by atoms with van der Waals surface area (Å²) in [5.74, 6) is 0.647. The fraction of sp³-hybridized carbons (Fsp3) is 0.545. The van der Waals surface area contributed by atoms with Gasteiger partial charge in [0.25, 0.3) is 0 Å². The first-order valence-electron chi connectivity index (χ1n) is 5.37. The topological polar surface area (TPSA) is 58.1 Å². The molecule has 0 fully saturated rings. The van der Waals surface area contributed by atoms with Crippen LogP contribution in [-0.4, -0.2) is 36.5 Å². The number of rotatable bonds is 4. The van der Waals surface area contributed by atoms with E-state index in [-0.39, 0.29) is 17.1 Å². The molecule has 1 unspecified atom stereocenters. The molecule has 6 heteroatoms. The van der Waals surface area contributed by atoms with Gasteiger partial charge in [0.2, 0.25) is 11.2 Å². The third-order valence-corrected chi connectivity index (χ3v) is 2.70. The maximum Gasteiger partial charge on any atom is 0.224 e. The van der Waals surface area contributed by atoms with Gasteiger partial charge in [0.1, 0.15) is 5.82 Å². The third kappa shape index (κ3) is 3.56. The van der Waals surface area contributed by atoms with Crippen LogP contribution in [0.4, 0.5) is 5.82 Å². The van der Waals surface area contributed by atoms with E-state index in [1.165, 1.54) is 0 Å². The molecule has 94 valence electrons. The van der Waals surface area contributed by atoms with Gasteiger partial charge < -0.3 is 10.2 Å². The molecule has 0 radical (unpaired) electrons. The first kappa shape index (κ1) is 13.7. The number of anilines is 1. The second-order valence-electron chi connectivity index (χ2n) is 4.04. The molecule has 1 rings (SSSR count). The van der Waals surface area contributed by atoms with Gasteiger partial charge in [0.15, 0.2) is 0 Å². The minimum absolute atomic E-state index is 0.00894. The molecule has 1 heterocycles. The molecule has 0 bridgehead atoms. The molecule has 1 aromatic rings. The van der Waals surface area contributed by atoms with Crippen molar-refractivity contribution in [1.82, 2.24) is 15.3 Å². The summed E-state index contributed by atoms with van der Waals surface area (Å²) >= 11 is 5.76. The normalized spacial score (nSPS) is 12.1. The van der Waals surface area contributed by atoms with Gasteiger partial charge >= 0.3 is 0 Å². The van der Waals surface area contributed by atoms with E-state index in [0.29, 0.717) is 6.54 Å². The van der Waals surface area contributed by atoms with Crippen LogP contribution in [0.3, 0.4) is 0 Å². The van der Waals surface area contributed by atoms with Crippen molar-refractivity contribution >= 4 is 23.3 Å². The summed E-state index contributed by atoms with van der Waals surface area (Å²) in [6.45, 7) is 4.36. The lowest BCUT2D eigenvalue weighted by Gasteiger charge is -2.22. The average Bonchev–Trinajstić information content (AvgIpc) is 2.30. The minimum atomic E-state index is -0.113. The molecule has 1 atom stereocenters. The van der Waals surface area contributed by atoms with Gasteiger partial charge in [0, 0.05) is 32.4 Å². The van der Waals surface area contributed by atoms with Crippen molar-refractivity contribution in [1.29, 1.82) is 0 Å². The van der Waals surface area contributed by atoms with Crippen LogP contribution in [0.15, 0.2) is 6.20 Å². The summed E-state index contributed by atoms with van der Waals surface area (Å²) in [6.07, 6.45) is 1.67. The largest absolute Gasteiger partial charge is 0.359 e. The van der Waals surface area contributed by atoms with Crippen molar-refractivity contribution in [2.75, 3.05) is 25.5 Å². The van der Waals surface area contributed by atoms with Gasteiger partial charge in [-0.3, -0.25) is 4.79 Å². The Morgan fingerprint density at radius 3 is 2.88 bits per heavy atom. The summed E-state index contributed by atoms with van der Waals surface area (Å²) in [7, 11) is 3.51. The van der Waals surface area contributed by atoms with Gasteiger partial charge in [-0.15, -0.1) is 0 Å². The molecule has 0 aliphatic carbocycles. The second-order valence-corrected chi connectivity index (χ2v) is 4.38. The smallest absolute Gasteiger partial charge is 0.224 e. The van der Waals surface area contributed by atoms with E-state index < -0.39 is 0 Å². The lowest BCUT2D eigenvalue weighted by Crippen LogP contribution is -2.35. The van der Waals surface area contributed by atoms with Crippen molar-refractivity contribution in [3.8, 4) is 0 Å². The molecular formula is C11H17ClN4O. The minimum Gasteiger partial charge on any atom is -0.359 e. The third-order valence-electron chi connectivity index (χ3n) is 2.52. The van der Waals surface area contributed by atoms with Gasteiger partial charge in [0.05, 0.1) is 5.92 Å². The van der Waals surface area contributed by atoms with E-state index in [9.17, 15) is 4.79 Å². The van der Waals surface area contributed by atoms with Crippen molar-refractivity contribution in [3.05, 3.63) is 17.0 Å². The van der Waals surface area contributed by atoms with Gasteiger partial charge in [-0.05, 0) is 18.5 Å². The van der Waals surface area contributed by atoms with Crippen molar-refractivity contribution in [3.63, 3.8) is 0 Å². The van der Waals surface area contributed by atoms with Crippen molar-refractivity contribution < 1.29 is 4.79 Å². The van der Waals surface area contributed by atoms with Crippen LogP contribution in [0.1, 0.15) is 12.5 Å². The summed E-state index contributed by atoms with van der Waals surface area (Å²) in [4.78, 5) is 21.4. The predicted molar refractivity (Wildman–Crippen MR) is 68.3 cm³/mol. The molecule has 0 aliphatic rings. The Balaban J connectivity index is 2.79. The number of hydrogen-bond donors (Lipinski definition) is 1. The highest BCUT2D eigenvalue weighted by Crippen LogP contribution is 2.17. The molecule has 5 nitrogen and oxygen atoms in total. The molecule has 17 heavy (non-hydrogen) atoms. The molecule has 1 amide bonds. The molecule has 0 saturated carbocycles.